The summed E-state index contributed by atoms with van der Waals surface area (Å²) in [7, 11) is 4.44. The van der Waals surface area contributed by atoms with Crippen LogP contribution in [0.5, 0.6) is 0 Å². The SMILES string of the molecule is CN1CCN(C)C(C(N)CC2CCCc3ccccc32)C1. The van der Waals surface area contributed by atoms with Crippen molar-refractivity contribution in [2.75, 3.05) is 33.7 Å². The van der Waals surface area contributed by atoms with Gasteiger partial charge in [-0.15, -0.1) is 0 Å². The van der Waals surface area contributed by atoms with E-state index in [1.165, 1.54) is 19.3 Å². The molecule has 116 valence electrons. The van der Waals surface area contributed by atoms with Crippen molar-refractivity contribution < 1.29 is 0 Å². The molecule has 3 nitrogen and oxygen atoms in total. The number of hydrogen-bond donors (Lipinski definition) is 1. The van der Waals surface area contributed by atoms with Crippen molar-refractivity contribution in [2.45, 2.75) is 43.7 Å². The average molecular weight is 287 g/mol. The minimum atomic E-state index is 0.272. The molecular formula is C18H29N3. The molecule has 0 saturated carbocycles. The fourth-order valence-electron chi connectivity index (χ4n) is 4.09. The molecule has 3 heteroatoms. The fourth-order valence-corrected chi connectivity index (χ4v) is 4.09. The second-order valence-electron chi connectivity index (χ2n) is 7.00. The maximum absolute atomic E-state index is 6.62. The highest BCUT2D eigenvalue weighted by Gasteiger charge is 2.30. The Morgan fingerprint density at radius 1 is 1.24 bits per heavy atom. The monoisotopic (exact) mass is 287 g/mol. The first-order chi connectivity index (χ1) is 10.1. The Balaban J connectivity index is 1.69. The van der Waals surface area contributed by atoms with E-state index in [0.29, 0.717) is 12.0 Å². The quantitative estimate of drug-likeness (QED) is 0.924. The van der Waals surface area contributed by atoms with Gasteiger partial charge in [0.25, 0.3) is 0 Å². The summed E-state index contributed by atoms with van der Waals surface area (Å²) in [6.07, 6.45) is 4.99. The van der Waals surface area contributed by atoms with Gasteiger partial charge >= 0.3 is 0 Å². The van der Waals surface area contributed by atoms with Crippen LogP contribution < -0.4 is 5.73 Å². The summed E-state index contributed by atoms with van der Waals surface area (Å²) in [6.45, 7) is 3.40. The lowest BCUT2D eigenvalue weighted by Gasteiger charge is -2.42. The van der Waals surface area contributed by atoms with Gasteiger partial charge in [0.05, 0.1) is 0 Å². The molecule has 1 aromatic rings. The van der Waals surface area contributed by atoms with Gasteiger partial charge < -0.3 is 10.6 Å². The first-order valence-corrected chi connectivity index (χ1v) is 8.37. The Labute approximate surface area is 129 Å². The van der Waals surface area contributed by atoms with E-state index < -0.39 is 0 Å². The van der Waals surface area contributed by atoms with E-state index in [1.54, 1.807) is 11.1 Å². The van der Waals surface area contributed by atoms with Crippen LogP contribution in [0.4, 0.5) is 0 Å². The van der Waals surface area contributed by atoms with Crippen LogP contribution in [0.1, 0.15) is 36.3 Å². The zero-order valence-corrected chi connectivity index (χ0v) is 13.5. The van der Waals surface area contributed by atoms with Crippen LogP contribution >= 0.6 is 0 Å². The molecule has 0 aromatic heterocycles. The highest BCUT2D eigenvalue weighted by molar-refractivity contribution is 5.32. The van der Waals surface area contributed by atoms with Crippen molar-refractivity contribution in [3.05, 3.63) is 35.4 Å². The minimum Gasteiger partial charge on any atom is -0.326 e. The van der Waals surface area contributed by atoms with Gasteiger partial charge in [-0.2, -0.15) is 0 Å². The second-order valence-corrected chi connectivity index (χ2v) is 7.00. The Hall–Kier alpha value is -0.900. The number of rotatable bonds is 3. The van der Waals surface area contributed by atoms with Gasteiger partial charge in [0, 0.05) is 31.7 Å². The van der Waals surface area contributed by atoms with Crippen molar-refractivity contribution in [2.24, 2.45) is 5.73 Å². The summed E-state index contributed by atoms with van der Waals surface area (Å²) in [5.74, 6) is 0.658. The third-order valence-corrected chi connectivity index (χ3v) is 5.44. The standard InChI is InChI=1S/C18H29N3/c1-20-10-11-21(2)18(13-20)17(19)12-15-8-5-7-14-6-3-4-9-16(14)15/h3-4,6,9,15,17-18H,5,7-8,10-13,19H2,1-2H3. The number of nitrogens with zero attached hydrogens (tertiary/aromatic N) is 2. The van der Waals surface area contributed by atoms with E-state index in [0.717, 1.165) is 26.1 Å². The summed E-state index contributed by atoms with van der Waals surface area (Å²) < 4.78 is 0. The number of benzene rings is 1. The van der Waals surface area contributed by atoms with Gasteiger partial charge in [-0.1, -0.05) is 24.3 Å². The predicted octanol–water partition coefficient (Wildman–Crippen LogP) is 2.07. The number of piperazine rings is 1. The Bertz CT molecular complexity index is 473. The van der Waals surface area contributed by atoms with E-state index >= 15 is 0 Å². The van der Waals surface area contributed by atoms with E-state index in [1.807, 2.05) is 0 Å². The molecule has 2 N–H and O–H groups in total. The Morgan fingerprint density at radius 3 is 2.90 bits per heavy atom. The summed E-state index contributed by atoms with van der Waals surface area (Å²) in [5.41, 5.74) is 9.73. The molecule has 1 fully saturated rings. The van der Waals surface area contributed by atoms with E-state index in [-0.39, 0.29) is 6.04 Å². The van der Waals surface area contributed by atoms with Gasteiger partial charge in [0.2, 0.25) is 0 Å². The third-order valence-electron chi connectivity index (χ3n) is 5.44. The van der Waals surface area contributed by atoms with Crippen molar-refractivity contribution in [3.8, 4) is 0 Å². The number of hydrogen-bond acceptors (Lipinski definition) is 3. The molecule has 2 aliphatic rings. The summed E-state index contributed by atoms with van der Waals surface area (Å²) in [6, 6.07) is 9.75. The van der Waals surface area contributed by atoms with Gasteiger partial charge in [0.1, 0.15) is 0 Å². The Kier molecular flexibility index (Phi) is 4.63. The number of nitrogens with two attached hydrogens (primary N) is 1. The molecule has 3 rings (SSSR count). The largest absolute Gasteiger partial charge is 0.326 e. The zero-order chi connectivity index (χ0) is 14.8. The molecular weight excluding hydrogens is 258 g/mol. The van der Waals surface area contributed by atoms with Crippen LogP contribution in [0.25, 0.3) is 0 Å². The molecule has 0 radical (unpaired) electrons. The maximum atomic E-state index is 6.62. The van der Waals surface area contributed by atoms with E-state index in [9.17, 15) is 0 Å². The lowest BCUT2D eigenvalue weighted by molar-refractivity contribution is 0.0929. The van der Waals surface area contributed by atoms with Crippen molar-refractivity contribution in [1.82, 2.24) is 9.80 Å². The van der Waals surface area contributed by atoms with Crippen molar-refractivity contribution in [1.29, 1.82) is 0 Å². The summed E-state index contributed by atoms with van der Waals surface area (Å²) in [5, 5.41) is 0. The molecule has 0 amide bonds. The first-order valence-electron chi connectivity index (χ1n) is 8.37. The van der Waals surface area contributed by atoms with Crippen LogP contribution in [0.15, 0.2) is 24.3 Å². The van der Waals surface area contributed by atoms with Crippen LogP contribution in [0, 0.1) is 0 Å². The highest BCUT2D eigenvalue weighted by Crippen LogP contribution is 2.35. The van der Waals surface area contributed by atoms with Gasteiger partial charge in [0.15, 0.2) is 0 Å². The molecule has 0 bridgehead atoms. The molecule has 1 aliphatic carbocycles. The number of likely N-dealkylation sites (N-methyl/N-ethyl adjacent to an activating group) is 2. The highest BCUT2D eigenvalue weighted by atomic mass is 15.3. The maximum Gasteiger partial charge on any atom is 0.0372 e. The zero-order valence-electron chi connectivity index (χ0n) is 13.5. The molecule has 0 spiro atoms. The molecule has 1 saturated heterocycles. The molecule has 1 heterocycles. The van der Waals surface area contributed by atoms with Crippen LogP contribution in [-0.4, -0.2) is 55.6 Å². The normalized spacial score (nSPS) is 29.1. The lowest BCUT2D eigenvalue weighted by Crippen LogP contribution is -2.57. The van der Waals surface area contributed by atoms with Crippen LogP contribution in [0.2, 0.25) is 0 Å². The van der Waals surface area contributed by atoms with Crippen LogP contribution in [0.3, 0.4) is 0 Å². The van der Waals surface area contributed by atoms with Gasteiger partial charge in [-0.05, 0) is 56.8 Å². The fraction of sp³-hybridized carbons (Fsp3) is 0.667. The first kappa shape index (κ1) is 15.0. The molecule has 1 aliphatic heterocycles. The summed E-state index contributed by atoms with van der Waals surface area (Å²) in [4.78, 5) is 4.87. The smallest absolute Gasteiger partial charge is 0.0372 e. The van der Waals surface area contributed by atoms with Crippen molar-refractivity contribution in [3.63, 3.8) is 0 Å². The minimum absolute atomic E-state index is 0.272. The van der Waals surface area contributed by atoms with Gasteiger partial charge in [-0.25, -0.2) is 0 Å². The van der Waals surface area contributed by atoms with Crippen molar-refractivity contribution >= 4 is 0 Å². The van der Waals surface area contributed by atoms with E-state index in [2.05, 4.69) is 48.2 Å². The predicted molar refractivity (Wildman–Crippen MR) is 88.6 cm³/mol. The molecule has 3 unspecified atom stereocenters. The molecule has 1 aromatic carbocycles. The number of fused-ring (bicyclic) bond motifs is 1. The number of aryl methyl sites for hydroxylation is 1. The molecule has 3 atom stereocenters. The van der Waals surface area contributed by atoms with E-state index in [4.69, 9.17) is 5.73 Å². The lowest BCUT2D eigenvalue weighted by atomic mass is 9.78. The Morgan fingerprint density at radius 2 is 2.05 bits per heavy atom. The van der Waals surface area contributed by atoms with Gasteiger partial charge in [-0.3, -0.25) is 4.90 Å². The van der Waals surface area contributed by atoms with Crippen LogP contribution in [-0.2, 0) is 6.42 Å². The average Bonchev–Trinajstić information content (AvgIpc) is 2.50. The third kappa shape index (κ3) is 3.31. The molecule has 21 heavy (non-hydrogen) atoms. The second kappa shape index (κ2) is 6.47. The topological polar surface area (TPSA) is 32.5 Å². The summed E-state index contributed by atoms with van der Waals surface area (Å²) >= 11 is 0.